The molecule has 0 aliphatic carbocycles. The summed E-state index contributed by atoms with van der Waals surface area (Å²) in [6.45, 7) is 11.6. The number of carbonyl (C=O) groups is 2. The van der Waals surface area contributed by atoms with Crippen molar-refractivity contribution < 1.29 is 9.59 Å². The molecule has 0 bridgehead atoms. The van der Waals surface area contributed by atoms with Gasteiger partial charge >= 0.3 is 0 Å². The maximum Gasteiger partial charge on any atom is 0.229 e. The van der Waals surface area contributed by atoms with Gasteiger partial charge in [-0.25, -0.2) is 0 Å². The second kappa shape index (κ2) is 6.29. The smallest absolute Gasteiger partial charge is 0.229 e. The van der Waals surface area contributed by atoms with Gasteiger partial charge in [0.25, 0.3) is 0 Å². The summed E-state index contributed by atoms with van der Waals surface area (Å²) < 4.78 is 0. The molecule has 1 aromatic rings. The molecule has 0 heterocycles. The lowest BCUT2D eigenvalue weighted by Crippen LogP contribution is -2.27. The Balaban J connectivity index is 2.73. The first-order valence-corrected chi connectivity index (χ1v) is 7.19. The van der Waals surface area contributed by atoms with E-state index in [9.17, 15) is 9.59 Å². The third kappa shape index (κ3) is 6.43. The maximum atomic E-state index is 12.0. The summed E-state index contributed by atoms with van der Waals surface area (Å²) in [6, 6.07) is 7.20. The van der Waals surface area contributed by atoms with Gasteiger partial charge in [0.2, 0.25) is 11.8 Å². The van der Waals surface area contributed by atoms with Crippen LogP contribution in [0, 0.1) is 10.8 Å². The zero-order valence-electron chi connectivity index (χ0n) is 13.8. The van der Waals surface area contributed by atoms with Crippen molar-refractivity contribution in [3.63, 3.8) is 0 Å². The molecule has 21 heavy (non-hydrogen) atoms. The van der Waals surface area contributed by atoms with E-state index in [4.69, 9.17) is 0 Å². The maximum absolute atomic E-state index is 12.0. The van der Waals surface area contributed by atoms with Crippen LogP contribution in [0.25, 0.3) is 0 Å². The molecule has 0 spiro atoms. The van der Waals surface area contributed by atoms with E-state index in [1.54, 1.807) is 6.07 Å². The Hall–Kier alpha value is -1.84. The second-order valence-corrected chi connectivity index (χ2v) is 7.57. The zero-order valence-corrected chi connectivity index (χ0v) is 13.8. The Bertz CT molecular complexity index is 522. The standard InChI is InChI=1S/C17H26N2O2/c1-16(2,3)11-14(20)18-12-8-7-9-13(10-12)19-15(21)17(4,5)6/h7-10H,11H2,1-6H3,(H,18,20)(H,19,21). The first-order valence-electron chi connectivity index (χ1n) is 7.19. The summed E-state index contributed by atoms with van der Waals surface area (Å²) in [6.07, 6.45) is 0.450. The number of nitrogens with one attached hydrogen (secondary N) is 2. The molecule has 0 atom stereocenters. The highest BCUT2D eigenvalue weighted by Crippen LogP contribution is 2.22. The van der Waals surface area contributed by atoms with Crippen LogP contribution < -0.4 is 10.6 Å². The highest BCUT2D eigenvalue weighted by Gasteiger charge is 2.21. The van der Waals surface area contributed by atoms with Gasteiger partial charge in [0.1, 0.15) is 0 Å². The van der Waals surface area contributed by atoms with Crippen molar-refractivity contribution >= 4 is 23.2 Å². The van der Waals surface area contributed by atoms with E-state index in [-0.39, 0.29) is 17.2 Å². The SMILES string of the molecule is CC(C)(C)CC(=O)Nc1cccc(NC(=O)C(C)(C)C)c1. The fourth-order valence-electron chi connectivity index (χ4n) is 1.68. The van der Waals surface area contributed by atoms with Crippen LogP contribution in [0.4, 0.5) is 11.4 Å². The second-order valence-electron chi connectivity index (χ2n) is 7.57. The Kier molecular flexibility index (Phi) is 5.15. The fraction of sp³-hybridized carbons (Fsp3) is 0.529. The molecule has 0 fully saturated rings. The van der Waals surface area contributed by atoms with E-state index in [1.807, 2.05) is 59.7 Å². The van der Waals surface area contributed by atoms with Gasteiger partial charge in [-0.2, -0.15) is 0 Å². The Morgan fingerprint density at radius 3 is 1.95 bits per heavy atom. The molecule has 0 saturated heterocycles. The van der Waals surface area contributed by atoms with Gasteiger partial charge in [-0.3, -0.25) is 9.59 Å². The molecule has 4 heteroatoms. The molecule has 0 aliphatic rings. The summed E-state index contributed by atoms with van der Waals surface area (Å²) >= 11 is 0. The third-order valence-electron chi connectivity index (χ3n) is 2.78. The van der Waals surface area contributed by atoms with Gasteiger partial charge in [0, 0.05) is 23.2 Å². The highest BCUT2D eigenvalue weighted by molar-refractivity contribution is 5.96. The predicted molar refractivity (Wildman–Crippen MR) is 87.2 cm³/mol. The van der Waals surface area contributed by atoms with Gasteiger partial charge in [0.05, 0.1) is 0 Å². The summed E-state index contributed by atoms with van der Waals surface area (Å²) in [4.78, 5) is 23.9. The van der Waals surface area contributed by atoms with Crippen LogP contribution in [0.5, 0.6) is 0 Å². The van der Waals surface area contributed by atoms with Gasteiger partial charge < -0.3 is 10.6 Å². The average Bonchev–Trinajstić information content (AvgIpc) is 2.25. The van der Waals surface area contributed by atoms with Crippen LogP contribution in [-0.4, -0.2) is 11.8 Å². The van der Waals surface area contributed by atoms with Crippen LogP contribution in [0.1, 0.15) is 48.0 Å². The van der Waals surface area contributed by atoms with E-state index in [2.05, 4.69) is 10.6 Å². The molecule has 1 rings (SSSR count). The topological polar surface area (TPSA) is 58.2 Å². The van der Waals surface area contributed by atoms with Gasteiger partial charge in [-0.1, -0.05) is 47.6 Å². The quantitative estimate of drug-likeness (QED) is 0.882. The van der Waals surface area contributed by atoms with Gasteiger partial charge in [-0.05, 0) is 23.6 Å². The van der Waals surface area contributed by atoms with Crippen molar-refractivity contribution in [3.8, 4) is 0 Å². The van der Waals surface area contributed by atoms with Crippen LogP contribution in [-0.2, 0) is 9.59 Å². The number of hydrogen-bond acceptors (Lipinski definition) is 2. The molecule has 2 amide bonds. The number of anilines is 2. The molecule has 116 valence electrons. The van der Waals surface area contributed by atoms with Crippen LogP contribution in [0.15, 0.2) is 24.3 Å². The lowest BCUT2D eigenvalue weighted by Gasteiger charge is -2.19. The van der Waals surface area contributed by atoms with Crippen LogP contribution >= 0.6 is 0 Å². The van der Waals surface area contributed by atoms with Crippen LogP contribution in [0.2, 0.25) is 0 Å². The normalized spacial score (nSPS) is 11.9. The fourth-order valence-corrected chi connectivity index (χ4v) is 1.68. The minimum atomic E-state index is -0.453. The summed E-state index contributed by atoms with van der Waals surface area (Å²) in [5, 5.41) is 5.71. The Labute approximate surface area is 127 Å². The highest BCUT2D eigenvalue weighted by atomic mass is 16.2. The van der Waals surface area contributed by atoms with Crippen molar-refractivity contribution in [2.45, 2.75) is 48.0 Å². The van der Waals surface area contributed by atoms with Crippen molar-refractivity contribution in [2.24, 2.45) is 10.8 Å². The number of carbonyl (C=O) groups excluding carboxylic acids is 2. The predicted octanol–water partition coefficient (Wildman–Crippen LogP) is 4.05. The lowest BCUT2D eigenvalue weighted by molar-refractivity contribution is -0.123. The van der Waals surface area contributed by atoms with Crippen molar-refractivity contribution in [2.75, 3.05) is 10.6 Å². The van der Waals surface area contributed by atoms with Crippen molar-refractivity contribution in [3.05, 3.63) is 24.3 Å². The number of benzene rings is 1. The van der Waals surface area contributed by atoms with E-state index in [0.29, 0.717) is 17.8 Å². The van der Waals surface area contributed by atoms with Gasteiger partial charge in [-0.15, -0.1) is 0 Å². The number of hydrogen-bond donors (Lipinski definition) is 2. The monoisotopic (exact) mass is 290 g/mol. The molecule has 4 nitrogen and oxygen atoms in total. The van der Waals surface area contributed by atoms with E-state index in [1.165, 1.54) is 0 Å². The van der Waals surface area contributed by atoms with E-state index in [0.717, 1.165) is 0 Å². The van der Waals surface area contributed by atoms with Crippen molar-refractivity contribution in [1.29, 1.82) is 0 Å². The Morgan fingerprint density at radius 2 is 1.48 bits per heavy atom. The summed E-state index contributed by atoms with van der Waals surface area (Å²) in [5.41, 5.74) is 0.868. The van der Waals surface area contributed by atoms with E-state index < -0.39 is 5.41 Å². The van der Waals surface area contributed by atoms with Crippen LogP contribution in [0.3, 0.4) is 0 Å². The molecule has 0 aliphatic heterocycles. The summed E-state index contributed by atoms with van der Waals surface area (Å²) in [7, 11) is 0. The minimum absolute atomic E-state index is 0.0261. The molecule has 1 aromatic carbocycles. The third-order valence-corrected chi connectivity index (χ3v) is 2.78. The molecular formula is C17H26N2O2. The number of rotatable bonds is 3. The molecule has 0 saturated carbocycles. The average molecular weight is 290 g/mol. The van der Waals surface area contributed by atoms with Gasteiger partial charge in [0.15, 0.2) is 0 Å². The molecule has 2 N–H and O–H groups in total. The molecule has 0 unspecified atom stereocenters. The first-order chi connectivity index (χ1) is 9.47. The first kappa shape index (κ1) is 17.2. The molecular weight excluding hydrogens is 264 g/mol. The van der Waals surface area contributed by atoms with E-state index >= 15 is 0 Å². The molecule has 0 aromatic heterocycles. The molecule has 0 radical (unpaired) electrons. The minimum Gasteiger partial charge on any atom is -0.326 e. The largest absolute Gasteiger partial charge is 0.326 e. The number of amides is 2. The Morgan fingerprint density at radius 1 is 0.952 bits per heavy atom. The summed E-state index contributed by atoms with van der Waals surface area (Å²) in [5.74, 6) is -0.0811. The lowest BCUT2D eigenvalue weighted by atomic mass is 9.92. The zero-order chi connectivity index (χ0) is 16.3. The van der Waals surface area contributed by atoms with Crippen molar-refractivity contribution in [1.82, 2.24) is 0 Å².